The van der Waals surface area contributed by atoms with Crippen molar-refractivity contribution >= 4 is 6.09 Å². The van der Waals surface area contributed by atoms with E-state index >= 15 is 0 Å². The quantitative estimate of drug-likeness (QED) is 0.125. The van der Waals surface area contributed by atoms with E-state index in [2.05, 4.69) is 35.7 Å². The molecule has 0 aromatic heterocycles. The van der Waals surface area contributed by atoms with Gasteiger partial charge in [-0.1, -0.05) is 130 Å². The van der Waals surface area contributed by atoms with Gasteiger partial charge in [0.25, 0.3) is 0 Å². The fourth-order valence-electron chi connectivity index (χ4n) is 5.02. The van der Waals surface area contributed by atoms with Crippen LogP contribution in [0.3, 0.4) is 0 Å². The van der Waals surface area contributed by atoms with E-state index in [9.17, 15) is 4.79 Å². The molecule has 0 heterocycles. The molecule has 0 aliphatic heterocycles. The third kappa shape index (κ3) is 23.0. The smallest absolute Gasteiger partial charge is 0.406 e. The SMILES string of the molecule is CCCCCCCCN(CCCCCCCC(CCC)CCCCCC)CCCNC(=O)OC. The maximum atomic E-state index is 11.3. The highest BCUT2D eigenvalue weighted by Gasteiger charge is 2.08. The molecule has 0 spiro atoms. The molecular formula is C30H62N2O2. The monoisotopic (exact) mass is 482 g/mol. The molecule has 0 aromatic rings. The van der Waals surface area contributed by atoms with Crippen LogP contribution < -0.4 is 5.32 Å². The summed E-state index contributed by atoms with van der Waals surface area (Å²) < 4.78 is 4.67. The molecule has 0 saturated carbocycles. The van der Waals surface area contributed by atoms with E-state index in [0.29, 0.717) is 6.54 Å². The molecule has 204 valence electrons. The number of unbranched alkanes of at least 4 members (excludes halogenated alkanes) is 12. The Hall–Kier alpha value is -0.770. The van der Waals surface area contributed by atoms with Gasteiger partial charge in [-0.05, 0) is 44.8 Å². The molecule has 4 nitrogen and oxygen atoms in total. The van der Waals surface area contributed by atoms with Crippen molar-refractivity contribution in [2.24, 2.45) is 5.92 Å². The Morgan fingerprint density at radius 3 is 1.62 bits per heavy atom. The van der Waals surface area contributed by atoms with Gasteiger partial charge in [0, 0.05) is 6.54 Å². The molecule has 1 atom stereocenters. The van der Waals surface area contributed by atoms with Gasteiger partial charge >= 0.3 is 6.09 Å². The summed E-state index contributed by atoms with van der Waals surface area (Å²) in [5, 5.41) is 2.82. The van der Waals surface area contributed by atoms with Crippen LogP contribution in [0.15, 0.2) is 0 Å². The van der Waals surface area contributed by atoms with Crippen molar-refractivity contribution in [1.29, 1.82) is 0 Å². The van der Waals surface area contributed by atoms with E-state index in [1.807, 2.05) is 0 Å². The van der Waals surface area contributed by atoms with E-state index in [0.717, 1.165) is 18.9 Å². The summed E-state index contributed by atoms with van der Waals surface area (Å²) in [4.78, 5) is 13.9. The zero-order valence-electron chi connectivity index (χ0n) is 23.8. The van der Waals surface area contributed by atoms with Crippen LogP contribution in [0.2, 0.25) is 0 Å². The van der Waals surface area contributed by atoms with E-state index in [-0.39, 0.29) is 6.09 Å². The number of hydrogen-bond donors (Lipinski definition) is 1. The largest absolute Gasteiger partial charge is 0.453 e. The Kier molecular flexibility index (Phi) is 26.2. The Balaban J connectivity index is 4.01. The van der Waals surface area contributed by atoms with Crippen LogP contribution in [0.1, 0.15) is 149 Å². The number of alkyl carbamates (subject to hydrolysis) is 1. The fourth-order valence-corrected chi connectivity index (χ4v) is 5.02. The average Bonchev–Trinajstić information content (AvgIpc) is 2.84. The second-order valence-electron chi connectivity index (χ2n) is 10.4. The van der Waals surface area contributed by atoms with Crippen LogP contribution in [0.25, 0.3) is 0 Å². The lowest BCUT2D eigenvalue weighted by atomic mass is 9.91. The number of methoxy groups -OCH3 is 1. The lowest BCUT2D eigenvalue weighted by molar-refractivity contribution is 0.170. The van der Waals surface area contributed by atoms with Gasteiger partial charge in [-0.25, -0.2) is 4.79 Å². The van der Waals surface area contributed by atoms with Crippen molar-refractivity contribution in [1.82, 2.24) is 10.2 Å². The Bertz CT molecular complexity index is 417. The van der Waals surface area contributed by atoms with Crippen molar-refractivity contribution in [3.05, 3.63) is 0 Å². The maximum absolute atomic E-state index is 11.3. The Labute approximate surface area is 214 Å². The predicted octanol–water partition coefficient (Wildman–Crippen LogP) is 9.12. The highest BCUT2D eigenvalue weighted by Crippen LogP contribution is 2.23. The van der Waals surface area contributed by atoms with Gasteiger partial charge in [-0.15, -0.1) is 0 Å². The summed E-state index contributed by atoms with van der Waals surface area (Å²) in [5.41, 5.74) is 0. The van der Waals surface area contributed by atoms with Crippen molar-refractivity contribution in [2.75, 3.05) is 33.3 Å². The van der Waals surface area contributed by atoms with Crippen LogP contribution in [-0.4, -0.2) is 44.3 Å². The number of carbonyl (C=O) groups is 1. The predicted molar refractivity (Wildman–Crippen MR) is 150 cm³/mol. The van der Waals surface area contributed by atoms with Gasteiger partial charge in [0.05, 0.1) is 7.11 Å². The molecule has 1 amide bonds. The van der Waals surface area contributed by atoms with Gasteiger partial charge in [0.15, 0.2) is 0 Å². The standard InChI is InChI=1S/C30H62N2O2/c1-5-8-10-12-15-19-26-32(28-21-25-31-30(33)34-4)27-20-16-13-14-18-24-29(22-7-3)23-17-11-9-6-2/h29H,5-28H2,1-4H3,(H,31,33). The molecule has 0 bridgehead atoms. The highest BCUT2D eigenvalue weighted by atomic mass is 16.5. The molecule has 0 aromatic carbocycles. The van der Waals surface area contributed by atoms with Crippen LogP contribution in [0.5, 0.6) is 0 Å². The van der Waals surface area contributed by atoms with Crippen molar-refractivity contribution in [2.45, 2.75) is 149 Å². The van der Waals surface area contributed by atoms with Gasteiger partial charge in [0.1, 0.15) is 0 Å². The molecule has 34 heavy (non-hydrogen) atoms. The molecule has 0 aliphatic carbocycles. The molecule has 0 radical (unpaired) electrons. The third-order valence-corrected chi connectivity index (χ3v) is 7.18. The zero-order chi connectivity index (χ0) is 25.1. The lowest BCUT2D eigenvalue weighted by Gasteiger charge is -2.22. The van der Waals surface area contributed by atoms with E-state index < -0.39 is 0 Å². The molecule has 0 fully saturated rings. The van der Waals surface area contributed by atoms with Crippen molar-refractivity contribution in [3.8, 4) is 0 Å². The van der Waals surface area contributed by atoms with Crippen LogP contribution >= 0.6 is 0 Å². The Morgan fingerprint density at radius 1 is 0.618 bits per heavy atom. The molecule has 0 rings (SSSR count). The third-order valence-electron chi connectivity index (χ3n) is 7.18. The minimum atomic E-state index is -0.315. The summed E-state index contributed by atoms with van der Waals surface area (Å²) in [7, 11) is 1.43. The first-order chi connectivity index (χ1) is 16.7. The number of hydrogen-bond acceptors (Lipinski definition) is 3. The number of amides is 1. The molecular weight excluding hydrogens is 420 g/mol. The number of rotatable bonds is 26. The number of nitrogens with zero attached hydrogens (tertiary/aromatic N) is 1. The summed E-state index contributed by atoms with van der Waals surface area (Å²) in [5.74, 6) is 0.980. The summed E-state index contributed by atoms with van der Waals surface area (Å²) in [6.07, 6.45) is 27.1. The number of ether oxygens (including phenoxy) is 1. The first-order valence-electron chi connectivity index (χ1n) is 15.2. The molecule has 0 aliphatic rings. The minimum Gasteiger partial charge on any atom is -0.453 e. The van der Waals surface area contributed by atoms with Gasteiger partial charge < -0.3 is 15.0 Å². The summed E-state index contributed by atoms with van der Waals surface area (Å²) in [6.45, 7) is 11.1. The molecule has 1 N–H and O–H groups in total. The first-order valence-corrected chi connectivity index (χ1v) is 15.2. The lowest BCUT2D eigenvalue weighted by Crippen LogP contribution is -2.31. The number of nitrogens with one attached hydrogen (secondary N) is 1. The first kappa shape index (κ1) is 33.2. The second-order valence-corrected chi connectivity index (χ2v) is 10.4. The van der Waals surface area contributed by atoms with Crippen LogP contribution in [-0.2, 0) is 4.74 Å². The van der Waals surface area contributed by atoms with Crippen LogP contribution in [0.4, 0.5) is 4.79 Å². The van der Waals surface area contributed by atoms with Crippen molar-refractivity contribution in [3.63, 3.8) is 0 Å². The Morgan fingerprint density at radius 2 is 1.09 bits per heavy atom. The fraction of sp³-hybridized carbons (Fsp3) is 0.967. The highest BCUT2D eigenvalue weighted by molar-refractivity contribution is 5.66. The zero-order valence-corrected chi connectivity index (χ0v) is 23.8. The number of carbonyl (C=O) groups excluding carboxylic acids is 1. The minimum absolute atomic E-state index is 0.315. The topological polar surface area (TPSA) is 41.6 Å². The van der Waals surface area contributed by atoms with E-state index in [1.165, 1.54) is 142 Å². The molecule has 4 heteroatoms. The molecule has 0 saturated heterocycles. The normalized spacial score (nSPS) is 12.3. The van der Waals surface area contributed by atoms with Crippen molar-refractivity contribution < 1.29 is 9.53 Å². The van der Waals surface area contributed by atoms with Gasteiger partial charge in [0.2, 0.25) is 0 Å². The second kappa shape index (κ2) is 26.8. The summed E-state index contributed by atoms with van der Waals surface area (Å²) >= 11 is 0. The maximum Gasteiger partial charge on any atom is 0.406 e. The molecule has 1 unspecified atom stereocenters. The van der Waals surface area contributed by atoms with E-state index in [4.69, 9.17) is 0 Å². The van der Waals surface area contributed by atoms with Gasteiger partial charge in [-0.3, -0.25) is 0 Å². The van der Waals surface area contributed by atoms with E-state index in [1.54, 1.807) is 0 Å². The average molecular weight is 483 g/mol. The van der Waals surface area contributed by atoms with Gasteiger partial charge in [-0.2, -0.15) is 0 Å². The van der Waals surface area contributed by atoms with Crippen LogP contribution in [0, 0.1) is 5.92 Å². The summed E-state index contributed by atoms with van der Waals surface area (Å²) in [6, 6.07) is 0.